The van der Waals surface area contributed by atoms with Crippen molar-refractivity contribution in [1.82, 2.24) is 4.90 Å². The Kier molecular flexibility index (Phi) is 3.50. The van der Waals surface area contributed by atoms with E-state index in [0.29, 0.717) is 6.04 Å². The van der Waals surface area contributed by atoms with Crippen LogP contribution in [-0.4, -0.2) is 47.8 Å². The van der Waals surface area contributed by atoms with E-state index in [-0.39, 0.29) is 6.42 Å². The highest BCUT2D eigenvalue weighted by Crippen LogP contribution is 2.29. The van der Waals surface area contributed by atoms with E-state index in [0.717, 1.165) is 19.5 Å². The first-order valence-electron chi connectivity index (χ1n) is 5.00. The first-order chi connectivity index (χ1) is 6.49. The van der Waals surface area contributed by atoms with Crippen LogP contribution in [0.1, 0.15) is 26.7 Å². The molecule has 0 aromatic rings. The summed E-state index contributed by atoms with van der Waals surface area (Å²) in [5.41, 5.74) is -0.462. The van der Waals surface area contributed by atoms with Gasteiger partial charge in [-0.15, -0.1) is 0 Å². The van der Waals surface area contributed by atoms with Crippen molar-refractivity contribution in [2.45, 2.75) is 38.3 Å². The first kappa shape index (κ1) is 11.5. The van der Waals surface area contributed by atoms with E-state index < -0.39 is 11.6 Å². The van der Waals surface area contributed by atoms with Crippen molar-refractivity contribution in [3.63, 3.8) is 0 Å². The zero-order chi connectivity index (χ0) is 10.8. The third-order valence-corrected chi connectivity index (χ3v) is 2.98. The molecular weight excluding hydrogens is 182 g/mol. The van der Waals surface area contributed by atoms with Crippen LogP contribution in [0.3, 0.4) is 0 Å². The van der Waals surface area contributed by atoms with E-state index in [1.165, 1.54) is 0 Å². The van der Waals surface area contributed by atoms with Gasteiger partial charge in [-0.1, -0.05) is 0 Å². The Balaban J connectivity index is 2.61. The van der Waals surface area contributed by atoms with Crippen LogP contribution in [0.25, 0.3) is 0 Å². The zero-order valence-corrected chi connectivity index (χ0v) is 9.12. The van der Waals surface area contributed by atoms with E-state index in [1.54, 1.807) is 7.11 Å². The molecule has 1 aliphatic rings. The van der Waals surface area contributed by atoms with Crippen molar-refractivity contribution in [3.05, 3.63) is 0 Å². The maximum Gasteiger partial charge on any atom is 0.306 e. The maximum atomic E-state index is 10.7. The number of carboxylic acids is 1. The van der Waals surface area contributed by atoms with Crippen LogP contribution in [0, 0.1) is 0 Å². The van der Waals surface area contributed by atoms with Gasteiger partial charge >= 0.3 is 5.97 Å². The van der Waals surface area contributed by atoms with Crippen LogP contribution >= 0.6 is 0 Å². The lowest BCUT2D eigenvalue weighted by Crippen LogP contribution is -2.39. The monoisotopic (exact) mass is 201 g/mol. The summed E-state index contributed by atoms with van der Waals surface area (Å²) in [6.07, 6.45) is 0.917. The standard InChI is InChI=1S/C10H19NO3/c1-8(2)11-5-4-10(7-11,14-3)6-9(12)13/h8H,4-7H2,1-3H3,(H,12,13). The van der Waals surface area contributed by atoms with Gasteiger partial charge in [-0.25, -0.2) is 0 Å². The van der Waals surface area contributed by atoms with Crippen LogP contribution in [0.5, 0.6) is 0 Å². The third kappa shape index (κ3) is 2.45. The molecule has 1 unspecified atom stereocenters. The second kappa shape index (κ2) is 4.28. The predicted molar refractivity (Wildman–Crippen MR) is 53.3 cm³/mol. The average molecular weight is 201 g/mol. The Morgan fingerprint density at radius 2 is 2.29 bits per heavy atom. The normalized spacial score (nSPS) is 28.6. The highest BCUT2D eigenvalue weighted by molar-refractivity contribution is 5.68. The SMILES string of the molecule is COC1(CC(=O)O)CCN(C(C)C)C1. The molecule has 0 aliphatic carbocycles. The molecule has 82 valence electrons. The van der Waals surface area contributed by atoms with Gasteiger partial charge in [0.15, 0.2) is 0 Å². The van der Waals surface area contributed by atoms with Gasteiger partial charge in [0.05, 0.1) is 12.0 Å². The van der Waals surface area contributed by atoms with E-state index in [2.05, 4.69) is 18.7 Å². The molecule has 1 fully saturated rings. The molecule has 1 atom stereocenters. The Hall–Kier alpha value is -0.610. The molecule has 1 saturated heterocycles. The molecule has 1 heterocycles. The van der Waals surface area contributed by atoms with Gasteiger partial charge in [-0.05, 0) is 20.3 Å². The third-order valence-electron chi connectivity index (χ3n) is 2.98. The Bertz CT molecular complexity index is 217. The van der Waals surface area contributed by atoms with Gasteiger partial charge in [0.25, 0.3) is 0 Å². The van der Waals surface area contributed by atoms with Crippen LogP contribution in [0.15, 0.2) is 0 Å². The van der Waals surface area contributed by atoms with Gasteiger partial charge < -0.3 is 9.84 Å². The summed E-state index contributed by atoms with van der Waals surface area (Å²) in [5.74, 6) is -0.780. The summed E-state index contributed by atoms with van der Waals surface area (Å²) in [6, 6.07) is 0.459. The molecular formula is C10H19NO3. The summed E-state index contributed by atoms with van der Waals surface area (Å²) in [4.78, 5) is 13.0. The van der Waals surface area contributed by atoms with Crippen LogP contribution in [0.2, 0.25) is 0 Å². The molecule has 1 rings (SSSR count). The summed E-state index contributed by atoms with van der Waals surface area (Å²) >= 11 is 0. The van der Waals surface area contributed by atoms with Crippen molar-refractivity contribution >= 4 is 5.97 Å². The number of ether oxygens (including phenoxy) is 1. The molecule has 0 radical (unpaired) electrons. The van der Waals surface area contributed by atoms with E-state index >= 15 is 0 Å². The summed E-state index contributed by atoms with van der Waals surface area (Å²) < 4.78 is 5.37. The Morgan fingerprint density at radius 1 is 1.64 bits per heavy atom. The number of rotatable bonds is 4. The zero-order valence-electron chi connectivity index (χ0n) is 9.12. The van der Waals surface area contributed by atoms with Crippen molar-refractivity contribution in [1.29, 1.82) is 0 Å². The maximum absolute atomic E-state index is 10.7. The molecule has 0 amide bonds. The Labute approximate surface area is 84.8 Å². The van der Waals surface area contributed by atoms with Crippen molar-refractivity contribution in [3.8, 4) is 0 Å². The average Bonchev–Trinajstić information content (AvgIpc) is 2.49. The minimum atomic E-state index is -0.780. The van der Waals surface area contributed by atoms with E-state index in [9.17, 15) is 4.79 Å². The minimum absolute atomic E-state index is 0.104. The lowest BCUT2D eigenvalue weighted by atomic mass is 9.99. The van der Waals surface area contributed by atoms with Crippen molar-refractivity contribution in [2.75, 3.05) is 20.2 Å². The van der Waals surface area contributed by atoms with Gasteiger partial charge in [0.2, 0.25) is 0 Å². The lowest BCUT2D eigenvalue weighted by Gasteiger charge is -2.27. The van der Waals surface area contributed by atoms with Gasteiger partial charge in [0, 0.05) is 26.2 Å². The fourth-order valence-corrected chi connectivity index (χ4v) is 1.98. The quantitative estimate of drug-likeness (QED) is 0.736. The summed E-state index contributed by atoms with van der Waals surface area (Å²) in [6.45, 7) is 5.89. The second-order valence-electron chi connectivity index (χ2n) is 4.27. The van der Waals surface area contributed by atoms with Crippen LogP contribution in [-0.2, 0) is 9.53 Å². The number of carboxylic acid groups (broad SMARTS) is 1. The molecule has 4 heteroatoms. The Morgan fingerprint density at radius 3 is 2.64 bits per heavy atom. The fourth-order valence-electron chi connectivity index (χ4n) is 1.98. The van der Waals surface area contributed by atoms with Gasteiger partial charge in [0.1, 0.15) is 0 Å². The number of methoxy groups -OCH3 is 1. The van der Waals surface area contributed by atoms with E-state index in [4.69, 9.17) is 9.84 Å². The topological polar surface area (TPSA) is 49.8 Å². The number of hydrogen-bond acceptors (Lipinski definition) is 3. The molecule has 14 heavy (non-hydrogen) atoms. The molecule has 1 N–H and O–H groups in total. The number of carbonyl (C=O) groups is 1. The summed E-state index contributed by atoms with van der Waals surface area (Å²) in [5, 5.41) is 8.80. The van der Waals surface area contributed by atoms with Crippen molar-refractivity contribution in [2.24, 2.45) is 0 Å². The lowest BCUT2D eigenvalue weighted by molar-refractivity contribution is -0.143. The molecule has 1 aliphatic heterocycles. The predicted octanol–water partition coefficient (Wildman–Crippen LogP) is 0.960. The first-order valence-corrected chi connectivity index (χ1v) is 5.00. The molecule has 0 aromatic heterocycles. The highest BCUT2D eigenvalue weighted by Gasteiger charge is 2.40. The highest BCUT2D eigenvalue weighted by atomic mass is 16.5. The fraction of sp³-hybridized carbons (Fsp3) is 0.900. The smallest absolute Gasteiger partial charge is 0.306 e. The number of nitrogens with zero attached hydrogens (tertiary/aromatic N) is 1. The minimum Gasteiger partial charge on any atom is -0.481 e. The number of hydrogen-bond donors (Lipinski definition) is 1. The van der Waals surface area contributed by atoms with Gasteiger partial charge in [-0.3, -0.25) is 9.69 Å². The van der Waals surface area contributed by atoms with Crippen LogP contribution < -0.4 is 0 Å². The van der Waals surface area contributed by atoms with Gasteiger partial charge in [-0.2, -0.15) is 0 Å². The number of likely N-dealkylation sites (tertiary alicyclic amines) is 1. The van der Waals surface area contributed by atoms with Crippen LogP contribution in [0.4, 0.5) is 0 Å². The largest absolute Gasteiger partial charge is 0.481 e. The molecule has 0 spiro atoms. The number of aliphatic carboxylic acids is 1. The molecule has 0 bridgehead atoms. The van der Waals surface area contributed by atoms with E-state index in [1.807, 2.05) is 0 Å². The molecule has 0 saturated carbocycles. The van der Waals surface area contributed by atoms with Crippen molar-refractivity contribution < 1.29 is 14.6 Å². The molecule has 0 aromatic carbocycles. The molecule has 4 nitrogen and oxygen atoms in total. The summed E-state index contributed by atoms with van der Waals surface area (Å²) in [7, 11) is 1.60. The second-order valence-corrected chi connectivity index (χ2v) is 4.27.